The molecular weight excluding hydrogens is 319 g/mol. The number of methoxy groups -OCH3 is 1. The van der Waals surface area contributed by atoms with Crippen LogP contribution in [0.15, 0.2) is 18.5 Å². The van der Waals surface area contributed by atoms with Crippen LogP contribution in [-0.2, 0) is 0 Å². The highest BCUT2D eigenvalue weighted by molar-refractivity contribution is 5.90. The molecule has 1 N–H and O–H groups in total. The number of piperidine rings is 1. The van der Waals surface area contributed by atoms with Gasteiger partial charge < -0.3 is 15.0 Å². The highest BCUT2D eigenvalue weighted by atomic mass is 19.1. The van der Waals surface area contributed by atoms with Gasteiger partial charge in [-0.05, 0) is 31.7 Å². The first-order chi connectivity index (χ1) is 12.2. The van der Waals surface area contributed by atoms with Crippen LogP contribution in [0.4, 0.5) is 10.2 Å². The molecule has 1 aliphatic heterocycles. The zero-order valence-corrected chi connectivity index (χ0v) is 14.7. The number of halogens is 1. The van der Waals surface area contributed by atoms with E-state index in [1.165, 1.54) is 45.2 Å². The maximum Gasteiger partial charge on any atom is 0.167 e. The van der Waals surface area contributed by atoms with E-state index in [0.29, 0.717) is 11.6 Å². The Kier molecular flexibility index (Phi) is 4.70. The maximum atomic E-state index is 13.9. The van der Waals surface area contributed by atoms with Gasteiger partial charge in [-0.25, -0.2) is 14.4 Å². The molecular formula is C19H25FN4O. The van der Waals surface area contributed by atoms with Gasteiger partial charge in [0.25, 0.3) is 0 Å². The molecule has 2 fully saturated rings. The van der Waals surface area contributed by atoms with Gasteiger partial charge in [0.1, 0.15) is 12.1 Å². The van der Waals surface area contributed by atoms with Gasteiger partial charge in [-0.15, -0.1) is 0 Å². The minimum absolute atomic E-state index is 0.224. The van der Waals surface area contributed by atoms with E-state index >= 15 is 0 Å². The molecule has 0 bridgehead atoms. The standard InChI is InChI=1S/C19H25FN4O/c1-25-18-10-15-17(11-16(18)20)21-12-22-19(15)23-13-6-8-24(9-7-13)14-4-2-3-5-14/h10-14H,2-9H2,1H3,(H,21,22,23). The summed E-state index contributed by atoms with van der Waals surface area (Å²) in [6, 6.07) is 4.28. The molecule has 0 unspecified atom stereocenters. The molecule has 0 atom stereocenters. The minimum Gasteiger partial charge on any atom is -0.494 e. The first-order valence-corrected chi connectivity index (χ1v) is 9.23. The molecule has 1 aromatic heterocycles. The Hall–Kier alpha value is -1.95. The molecule has 1 aromatic carbocycles. The summed E-state index contributed by atoms with van der Waals surface area (Å²) < 4.78 is 19.0. The van der Waals surface area contributed by atoms with Crippen molar-refractivity contribution in [3.05, 3.63) is 24.3 Å². The SMILES string of the molecule is COc1cc2c(NC3CCN(C4CCCC4)CC3)ncnc2cc1F. The molecule has 4 rings (SSSR count). The molecule has 1 saturated carbocycles. The molecule has 2 heterocycles. The number of rotatable bonds is 4. The Morgan fingerprint density at radius 3 is 2.60 bits per heavy atom. The smallest absolute Gasteiger partial charge is 0.167 e. The number of nitrogens with zero attached hydrogens (tertiary/aromatic N) is 3. The largest absolute Gasteiger partial charge is 0.494 e. The third-order valence-electron chi connectivity index (χ3n) is 5.62. The molecule has 134 valence electrons. The van der Waals surface area contributed by atoms with Crippen molar-refractivity contribution in [2.24, 2.45) is 0 Å². The lowest BCUT2D eigenvalue weighted by atomic mass is 10.0. The van der Waals surface area contributed by atoms with E-state index in [1.807, 2.05) is 0 Å². The monoisotopic (exact) mass is 344 g/mol. The Morgan fingerprint density at radius 2 is 1.88 bits per heavy atom. The Bertz CT molecular complexity index is 740. The lowest BCUT2D eigenvalue weighted by Gasteiger charge is -2.36. The maximum absolute atomic E-state index is 13.9. The molecule has 0 radical (unpaired) electrons. The summed E-state index contributed by atoms with van der Waals surface area (Å²) in [6.45, 7) is 2.28. The molecule has 1 saturated heterocycles. The molecule has 2 aliphatic rings. The first-order valence-electron chi connectivity index (χ1n) is 9.23. The third kappa shape index (κ3) is 3.40. The van der Waals surface area contributed by atoms with E-state index in [2.05, 4.69) is 20.2 Å². The van der Waals surface area contributed by atoms with Crippen molar-refractivity contribution in [3.63, 3.8) is 0 Å². The fraction of sp³-hybridized carbons (Fsp3) is 0.579. The Balaban J connectivity index is 1.47. The van der Waals surface area contributed by atoms with Gasteiger partial charge in [-0.2, -0.15) is 0 Å². The van der Waals surface area contributed by atoms with Gasteiger partial charge in [0.2, 0.25) is 0 Å². The lowest BCUT2D eigenvalue weighted by Crippen LogP contribution is -2.43. The van der Waals surface area contributed by atoms with Crippen molar-refractivity contribution in [2.75, 3.05) is 25.5 Å². The number of fused-ring (bicyclic) bond motifs is 1. The number of aromatic nitrogens is 2. The summed E-state index contributed by atoms with van der Waals surface area (Å²) >= 11 is 0. The average molecular weight is 344 g/mol. The average Bonchev–Trinajstić information content (AvgIpc) is 3.17. The molecule has 1 aliphatic carbocycles. The Morgan fingerprint density at radius 1 is 1.12 bits per heavy atom. The van der Waals surface area contributed by atoms with Crippen LogP contribution in [0.25, 0.3) is 10.9 Å². The van der Waals surface area contributed by atoms with Crippen LogP contribution in [0.2, 0.25) is 0 Å². The fourth-order valence-electron chi connectivity index (χ4n) is 4.20. The van der Waals surface area contributed by atoms with Gasteiger partial charge in [0.15, 0.2) is 11.6 Å². The van der Waals surface area contributed by atoms with Crippen LogP contribution in [0.1, 0.15) is 38.5 Å². The van der Waals surface area contributed by atoms with Gasteiger partial charge in [0.05, 0.1) is 12.6 Å². The highest BCUT2D eigenvalue weighted by Crippen LogP contribution is 2.30. The first kappa shape index (κ1) is 16.5. The fourth-order valence-corrected chi connectivity index (χ4v) is 4.20. The van der Waals surface area contributed by atoms with E-state index in [1.54, 1.807) is 6.07 Å². The van der Waals surface area contributed by atoms with Gasteiger partial charge in [0, 0.05) is 36.6 Å². The van der Waals surface area contributed by atoms with E-state index in [-0.39, 0.29) is 5.75 Å². The Labute approximate surface area is 147 Å². The number of hydrogen-bond donors (Lipinski definition) is 1. The number of nitrogens with one attached hydrogen (secondary N) is 1. The van der Waals surface area contributed by atoms with Crippen molar-refractivity contribution < 1.29 is 9.13 Å². The summed E-state index contributed by atoms with van der Waals surface area (Å²) in [5.41, 5.74) is 0.596. The summed E-state index contributed by atoms with van der Waals surface area (Å²) in [5, 5.41) is 4.35. The van der Waals surface area contributed by atoms with Crippen molar-refractivity contribution in [1.82, 2.24) is 14.9 Å². The normalized spacial score (nSPS) is 20.2. The number of hydrogen-bond acceptors (Lipinski definition) is 5. The van der Waals surface area contributed by atoms with Crippen molar-refractivity contribution >= 4 is 16.7 Å². The topological polar surface area (TPSA) is 50.3 Å². The van der Waals surface area contributed by atoms with E-state index in [0.717, 1.165) is 43.2 Å². The third-order valence-corrected chi connectivity index (χ3v) is 5.62. The highest BCUT2D eigenvalue weighted by Gasteiger charge is 2.27. The molecule has 25 heavy (non-hydrogen) atoms. The van der Waals surface area contributed by atoms with Crippen LogP contribution < -0.4 is 10.1 Å². The number of benzene rings is 1. The quantitative estimate of drug-likeness (QED) is 0.918. The van der Waals surface area contributed by atoms with Crippen molar-refractivity contribution in [3.8, 4) is 5.75 Å². The molecule has 2 aromatic rings. The summed E-state index contributed by atoms with van der Waals surface area (Å²) in [6.07, 6.45) is 9.20. The second-order valence-corrected chi connectivity index (χ2v) is 7.12. The van der Waals surface area contributed by atoms with Crippen LogP contribution in [0, 0.1) is 5.82 Å². The van der Waals surface area contributed by atoms with Crippen LogP contribution >= 0.6 is 0 Å². The number of likely N-dealkylation sites (tertiary alicyclic amines) is 1. The molecule has 5 nitrogen and oxygen atoms in total. The zero-order chi connectivity index (χ0) is 17.2. The van der Waals surface area contributed by atoms with E-state index in [4.69, 9.17) is 4.74 Å². The van der Waals surface area contributed by atoms with Crippen LogP contribution in [0.5, 0.6) is 5.75 Å². The van der Waals surface area contributed by atoms with E-state index in [9.17, 15) is 4.39 Å². The minimum atomic E-state index is -0.399. The molecule has 6 heteroatoms. The predicted octanol–water partition coefficient (Wildman–Crippen LogP) is 3.60. The summed E-state index contributed by atoms with van der Waals surface area (Å²) in [7, 11) is 1.47. The predicted molar refractivity (Wildman–Crippen MR) is 96.5 cm³/mol. The molecule has 0 amide bonds. The lowest BCUT2D eigenvalue weighted by molar-refractivity contribution is 0.159. The second kappa shape index (κ2) is 7.12. The van der Waals surface area contributed by atoms with E-state index < -0.39 is 5.82 Å². The summed E-state index contributed by atoms with van der Waals surface area (Å²) in [5.74, 6) is 0.591. The van der Waals surface area contributed by atoms with Gasteiger partial charge in [-0.3, -0.25) is 0 Å². The van der Waals surface area contributed by atoms with Crippen molar-refractivity contribution in [1.29, 1.82) is 0 Å². The second-order valence-electron chi connectivity index (χ2n) is 7.12. The van der Waals surface area contributed by atoms with Gasteiger partial charge in [-0.1, -0.05) is 12.8 Å². The van der Waals surface area contributed by atoms with Crippen molar-refractivity contribution in [2.45, 2.75) is 50.6 Å². The van der Waals surface area contributed by atoms with Crippen LogP contribution in [-0.4, -0.2) is 47.2 Å². The number of anilines is 1. The van der Waals surface area contributed by atoms with Crippen LogP contribution in [0.3, 0.4) is 0 Å². The number of ether oxygens (including phenoxy) is 1. The zero-order valence-electron chi connectivity index (χ0n) is 14.7. The summed E-state index contributed by atoms with van der Waals surface area (Å²) in [4.78, 5) is 11.2. The van der Waals surface area contributed by atoms with Gasteiger partial charge >= 0.3 is 0 Å². The molecule has 0 spiro atoms.